The fourth-order valence-electron chi connectivity index (χ4n) is 5.46. The van der Waals surface area contributed by atoms with Crippen molar-refractivity contribution in [2.75, 3.05) is 32.6 Å². The third kappa shape index (κ3) is 4.85. The summed E-state index contributed by atoms with van der Waals surface area (Å²) >= 11 is 0. The van der Waals surface area contributed by atoms with Crippen LogP contribution in [0.4, 0.5) is 11.4 Å². The zero-order valence-corrected chi connectivity index (χ0v) is 19.5. The van der Waals surface area contributed by atoms with Gasteiger partial charge in [0.2, 0.25) is 5.91 Å². The monoisotopic (exact) mass is 469 g/mol. The van der Waals surface area contributed by atoms with E-state index in [9.17, 15) is 20.0 Å². The number of nitrogens with one attached hydrogen (secondary N) is 1. The summed E-state index contributed by atoms with van der Waals surface area (Å²) in [5, 5.41) is 25.2. The van der Waals surface area contributed by atoms with Crippen molar-refractivity contribution in [1.29, 1.82) is 0 Å². The van der Waals surface area contributed by atoms with Crippen molar-refractivity contribution in [2.45, 2.75) is 43.7 Å². The van der Waals surface area contributed by atoms with E-state index in [0.29, 0.717) is 30.2 Å². The van der Waals surface area contributed by atoms with Gasteiger partial charge in [-0.3, -0.25) is 19.8 Å². The van der Waals surface area contributed by atoms with Crippen molar-refractivity contribution >= 4 is 17.3 Å². The van der Waals surface area contributed by atoms with Gasteiger partial charge in [-0.05, 0) is 49.6 Å². The Morgan fingerprint density at radius 2 is 1.94 bits per heavy atom. The highest BCUT2D eigenvalue weighted by Gasteiger charge is 2.50. The molecule has 2 fully saturated rings. The molecule has 2 aliphatic rings. The van der Waals surface area contributed by atoms with Gasteiger partial charge in [-0.2, -0.15) is 0 Å². The van der Waals surface area contributed by atoms with E-state index in [-0.39, 0.29) is 30.1 Å². The Labute approximate surface area is 198 Å². The molecule has 9 nitrogen and oxygen atoms in total. The first-order valence-corrected chi connectivity index (χ1v) is 11.6. The number of hydrogen-bond acceptors (Lipinski definition) is 7. The molecule has 3 atom stereocenters. The number of non-ortho nitro benzene ring substituents is 1. The molecule has 1 amide bonds. The Bertz CT molecular complexity index is 1040. The molecule has 0 bridgehead atoms. The van der Waals surface area contributed by atoms with Crippen molar-refractivity contribution in [2.24, 2.45) is 5.92 Å². The first kappa shape index (κ1) is 24.0. The first-order chi connectivity index (χ1) is 16.3. The van der Waals surface area contributed by atoms with E-state index in [1.54, 1.807) is 14.2 Å². The van der Waals surface area contributed by atoms with Gasteiger partial charge in [0.1, 0.15) is 11.5 Å². The second-order valence-corrected chi connectivity index (χ2v) is 9.08. The standard InChI is InChI=1S/C25H31N3O6/c1-33-19-10-11-22(34-2)20(15-19)24-21-5-3-4-12-25(21,30)13-14-27(24)16-23(29)26-17-6-8-18(9-7-17)28(31)32/h6-11,15,21,24,30H,3-5,12-14,16H2,1-2H3,(H,26,29)/t21-,24+,25+/m1/s1. The molecule has 4 rings (SSSR count). The van der Waals surface area contributed by atoms with Crippen molar-refractivity contribution in [1.82, 2.24) is 4.90 Å². The van der Waals surface area contributed by atoms with Crippen LogP contribution in [0.25, 0.3) is 0 Å². The lowest BCUT2D eigenvalue weighted by Gasteiger charge is -2.52. The summed E-state index contributed by atoms with van der Waals surface area (Å²) in [7, 11) is 3.23. The summed E-state index contributed by atoms with van der Waals surface area (Å²) in [6.07, 6.45) is 4.24. The van der Waals surface area contributed by atoms with Crippen molar-refractivity contribution in [3.05, 3.63) is 58.1 Å². The maximum Gasteiger partial charge on any atom is 0.269 e. The summed E-state index contributed by atoms with van der Waals surface area (Å²) in [6.45, 7) is 0.681. The van der Waals surface area contributed by atoms with E-state index in [4.69, 9.17) is 9.47 Å². The molecular formula is C25H31N3O6. The van der Waals surface area contributed by atoms with Crippen molar-refractivity contribution in [3.63, 3.8) is 0 Å². The second-order valence-electron chi connectivity index (χ2n) is 9.08. The maximum absolute atomic E-state index is 13.0. The highest BCUT2D eigenvalue weighted by atomic mass is 16.6. The predicted molar refractivity (Wildman–Crippen MR) is 127 cm³/mol. The fraction of sp³-hybridized carbons (Fsp3) is 0.480. The first-order valence-electron chi connectivity index (χ1n) is 11.6. The van der Waals surface area contributed by atoms with Crippen LogP contribution in [0.2, 0.25) is 0 Å². The molecule has 9 heteroatoms. The molecule has 34 heavy (non-hydrogen) atoms. The molecule has 182 valence electrons. The number of benzene rings is 2. The van der Waals surface area contributed by atoms with Gasteiger partial charge in [-0.15, -0.1) is 0 Å². The normalized spacial score (nSPS) is 24.7. The average molecular weight is 470 g/mol. The summed E-state index contributed by atoms with van der Waals surface area (Å²) in [5.74, 6) is 1.13. The van der Waals surface area contributed by atoms with E-state index in [0.717, 1.165) is 31.2 Å². The summed E-state index contributed by atoms with van der Waals surface area (Å²) in [6, 6.07) is 11.2. The lowest BCUT2D eigenvalue weighted by Crippen LogP contribution is -2.56. The molecule has 1 aliphatic carbocycles. The SMILES string of the molecule is COc1ccc(OC)c([C@H]2[C@H]3CCCC[C@]3(O)CCN2CC(=O)Nc2ccc([N+](=O)[O-])cc2)c1. The van der Waals surface area contributed by atoms with Crippen molar-refractivity contribution < 1.29 is 24.3 Å². The number of carbonyl (C=O) groups is 1. The number of carbonyl (C=O) groups excluding carboxylic acids is 1. The Balaban J connectivity index is 1.61. The van der Waals surface area contributed by atoms with Gasteiger partial charge in [-0.25, -0.2) is 0 Å². The van der Waals surface area contributed by atoms with E-state index >= 15 is 0 Å². The van der Waals surface area contributed by atoms with Gasteiger partial charge < -0.3 is 19.9 Å². The summed E-state index contributed by atoms with van der Waals surface area (Å²) < 4.78 is 11.1. The minimum atomic E-state index is -0.775. The van der Waals surface area contributed by atoms with E-state index in [2.05, 4.69) is 10.2 Å². The molecule has 1 heterocycles. The van der Waals surface area contributed by atoms with Crippen LogP contribution in [0.15, 0.2) is 42.5 Å². The lowest BCUT2D eigenvalue weighted by molar-refractivity contribution is -0.384. The third-order valence-corrected chi connectivity index (χ3v) is 7.14. The molecular weight excluding hydrogens is 438 g/mol. The number of amides is 1. The molecule has 2 N–H and O–H groups in total. The second kappa shape index (κ2) is 9.99. The predicted octanol–water partition coefficient (Wildman–Crippen LogP) is 3.92. The minimum Gasteiger partial charge on any atom is -0.497 e. The number of methoxy groups -OCH3 is 2. The highest BCUT2D eigenvalue weighted by molar-refractivity contribution is 5.92. The molecule has 2 aromatic rings. The fourth-order valence-corrected chi connectivity index (χ4v) is 5.46. The quantitative estimate of drug-likeness (QED) is 0.467. The average Bonchev–Trinajstić information content (AvgIpc) is 2.84. The number of fused-ring (bicyclic) bond motifs is 1. The van der Waals surface area contributed by atoms with E-state index < -0.39 is 10.5 Å². The molecule has 0 unspecified atom stereocenters. The zero-order chi connectivity index (χ0) is 24.3. The van der Waals surface area contributed by atoms with Crippen LogP contribution in [0.5, 0.6) is 11.5 Å². The number of rotatable bonds is 7. The number of nitrogens with zero attached hydrogens (tertiary/aromatic N) is 2. The van der Waals surface area contributed by atoms with Crippen LogP contribution in [0, 0.1) is 16.0 Å². The molecule has 1 saturated heterocycles. The Morgan fingerprint density at radius 3 is 2.62 bits per heavy atom. The number of piperidine rings is 1. The summed E-state index contributed by atoms with van der Waals surface area (Å²) in [5.41, 5.74) is 0.589. The van der Waals surface area contributed by atoms with Crippen LogP contribution in [-0.2, 0) is 4.79 Å². The smallest absolute Gasteiger partial charge is 0.269 e. The number of nitro groups is 1. The Hall–Kier alpha value is -3.17. The van der Waals surface area contributed by atoms with Gasteiger partial charge >= 0.3 is 0 Å². The summed E-state index contributed by atoms with van der Waals surface area (Å²) in [4.78, 5) is 25.5. The number of anilines is 1. The van der Waals surface area contributed by atoms with Crippen LogP contribution in [-0.4, -0.2) is 53.7 Å². The van der Waals surface area contributed by atoms with Crippen LogP contribution in [0.3, 0.4) is 0 Å². The molecule has 0 spiro atoms. The van der Waals surface area contributed by atoms with E-state index in [1.165, 1.54) is 24.3 Å². The third-order valence-electron chi connectivity index (χ3n) is 7.14. The van der Waals surface area contributed by atoms with Gasteiger partial charge in [-0.1, -0.05) is 12.8 Å². The van der Waals surface area contributed by atoms with E-state index in [1.807, 2.05) is 18.2 Å². The van der Waals surface area contributed by atoms with Gasteiger partial charge in [0.15, 0.2) is 0 Å². The minimum absolute atomic E-state index is 0.0317. The number of nitro benzene ring substituents is 1. The highest BCUT2D eigenvalue weighted by Crippen LogP contribution is 2.51. The lowest BCUT2D eigenvalue weighted by atomic mass is 9.66. The van der Waals surface area contributed by atoms with Crippen molar-refractivity contribution in [3.8, 4) is 11.5 Å². The molecule has 1 aliphatic heterocycles. The van der Waals surface area contributed by atoms with Gasteiger partial charge in [0, 0.05) is 41.9 Å². The van der Waals surface area contributed by atoms with Crippen LogP contribution >= 0.6 is 0 Å². The Kier molecular flexibility index (Phi) is 7.04. The number of hydrogen-bond donors (Lipinski definition) is 2. The zero-order valence-electron chi connectivity index (χ0n) is 19.5. The number of aliphatic hydroxyl groups is 1. The largest absolute Gasteiger partial charge is 0.497 e. The number of ether oxygens (including phenoxy) is 2. The van der Waals surface area contributed by atoms with Gasteiger partial charge in [0.25, 0.3) is 5.69 Å². The number of likely N-dealkylation sites (tertiary alicyclic amines) is 1. The molecule has 1 saturated carbocycles. The maximum atomic E-state index is 13.0. The van der Waals surface area contributed by atoms with Gasteiger partial charge in [0.05, 0.1) is 31.3 Å². The van der Waals surface area contributed by atoms with Crippen LogP contribution < -0.4 is 14.8 Å². The van der Waals surface area contributed by atoms with Crippen LogP contribution in [0.1, 0.15) is 43.7 Å². The molecule has 0 radical (unpaired) electrons. The molecule has 2 aromatic carbocycles. The Morgan fingerprint density at radius 1 is 1.18 bits per heavy atom. The molecule has 0 aromatic heterocycles. The topological polar surface area (TPSA) is 114 Å².